The van der Waals surface area contributed by atoms with Gasteiger partial charge in [0.05, 0.1) is 4.92 Å². The van der Waals surface area contributed by atoms with E-state index in [-0.39, 0.29) is 16.1 Å². The third kappa shape index (κ3) is 2.73. The smallest absolute Gasteiger partial charge is 0.292 e. The van der Waals surface area contributed by atoms with E-state index in [0.29, 0.717) is 5.69 Å². The molecule has 0 bridgehead atoms. The van der Waals surface area contributed by atoms with E-state index in [2.05, 4.69) is 5.32 Å². The van der Waals surface area contributed by atoms with E-state index in [1.54, 1.807) is 18.2 Å². The fourth-order valence-corrected chi connectivity index (χ4v) is 1.14. The highest BCUT2D eigenvalue weighted by Crippen LogP contribution is 2.25. The van der Waals surface area contributed by atoms with Crippen LogP contribution in [0.2, 0.25) is 0 Å². The van der Waals surface area contributed by atoms with Crippen molar-refractivity contribution in [2.75, 3.05) is 5.32 Å². The quantitative estimate of drug-likeness (QED) is 0.581. The van der Waals surface area contributed by atoms with Gasteiger partial charge in [0.25, 0.3) is 5.69 Å². The van der Waals surface area contributed by atoms with Crippen LogP contribution in [0.4, 0.5) is 11.4 Å². The Kier molecular flexibility index (Phi) is 2.74. The minimum absolute atomic E-state index is 0.113. The maximum absolute atomic E-state index is 10.7. The number of para-hydroxylation sites is 2. The molecule has 0 radical (unpaired) electrons. The molecule has 0 heterocycles. The maximum atomic E-state index is 10.7. The highest BCUT2D eigenvalue weighted by molar-refractivity contribution is 5.62. The van der Waals surface area contributed by atoms with Crippen LogP contribution in [-0.4, -0.2) is 10.5 Å². The zero-order chi connectivity index (χ0) is 10.8. The molecule has 4 nitrogen and oxygen atoms in total. The van der Waals surface area contributed by atoms with Crippen molar-refractivity contribution in [1.29, 1.82) is 0 Å². The van der Waals surface area contributed by atoms with E-state index >= 15 is 0 Å². The van der Waals surface area contributed by atoms with Crippen molar-refractivity contribution in [1.82, 2.24) is 0 Å². The largest absolute Gasteiger partial charge is 0.375 e. The molecule has 0 spiro atoms. The summed E-state index contributed by atoms with van der Waals surface area (Å²) in [4.78, 5) is 10.3. The van der Waals surface area contributed by atoms with Gasteiger partial charge in [-0.2, -0.15) is 0 Å². The zero-order valence-corrected chi connectivity index (χ0v) is 8.57. The Morgan fingerprint density at radius 1 is 1.29 bits per heavy atom. The summed E-state index contributed by atoms with van der Waals surface area (Å²) in [5, 5.41) is 13.8. The van der Waals surface area contributed by atoms with Crippen LogP contribution in [-0.2, 0) is 0 Å². The minimum Gasteiger partial charge on any atom is -0.375 e. The molecule has 1 N–H and O–H groups in total. The summed E-state index contributed by atoms with van der Waals surface area (Å²) in [6.45, 7) is 5.89. The molecule has 0 unspecified atom stereocenters. The summed E-state index contributed by atoms with van der Waals surface area (Å²) in [5.74, 6) is 0. The van der Waals surface area contributed by atoms with E-state index in [1.807, 2.05) is 20.8 Å². The second-order valence-electron chi connectivity index (χ2n) is 4.15. The predicted octanol–water partition coefficient (Wildman–Crippen LogP) is 2.81. The molecule has 0 saturated carbocycles. The second-order valence-corrected chi connectivity index (χ2v) is 4.15. The molecule has 1 aromatic carbocycles. The lowest BCUT2D eigenvalue weighted by Crippen LogP contribution is -2.26. The van der Waals surface area contributed by atoms with Crippen LogP contribution in [0.25, 0.3) is 0 Å². The Balaban J connectivity index is 3.02. The van der Waals surface area contributed by atoms with Gasteiger partial charge in [0.15, 0.2) is 0 Å². The van der Waals surface area contributed by atoms with E-state index in [9.17, 15) is 10.1 Å². The van der Waals surface area contributed by atoms with Gasteiger partial charge in [-0.05, 0) is 26.8 Å². The lowest BCUT2D eigenvalue weighted by Gasteiger charge is -2.21. The Morgan fingerprint density at radius 2 is 1.86 bits per heavy atom. The first-order valence-electron chi connectivity index (χ1n) is 4.42. The van der Waals surface area contributed by atoms with Gasteiger partial charge >= 0.3 is 0 Å². The lowest BCUT2D eigenvalue weighted by molar-refractivity contribution is -0.384. The summed E-state index contributed by atoms with van der Waals surface area (Å²) in [5.41, 5.74) is 0.499. The van der Waals surface area contributed by atoms with Crippen LogP contribution in [0.3, 0.4) is 0 Å². The number of hydrogen-bond donors (Lipinski definition) is 1. The summed E-state index contributed by atoms with van der Waals surface area (Å²) in [7, 11) is 0. The van der Waals surface area contributed by atoms with Gasteiger partial charge in [-0.25, -0.2) is 0 Å². The van der Waals surface area contributed by atoms with E-state index in [0.717, 1.165) is 0 Å². The van der Waals surface area contributed by atoms with Crippen molar-refractivity contribution in [2.24, 2.45) is 0 Å². The van der Waals surface area contributed by atoms with E-state index in [4.69, 9.17) is 0 Å². The van der Waals surface area contributed by atoms with Crippen LogP contribution in [0, 0.1) is 10.1 Å². The Hall–Kier alpha value is -1.58. The minimum atomic E-state index is -0.381. The first kappa shape index (κ1) is 10.5. The molecular formula is C10H14N2O2. The molecule has 0 aliphatic rings. The SMILES string of the molecule is CC(C)(C)Nc1ccccc1[N+](=O)[O-]. The van der Waals surface area contributed by atoms with Gasteiger partial charge in [-0.3, -0.25) is 10.1 Å². The van der Waals surface area contributed by atoms with Crippen LogP contribution in [0.15, 0.2) is 24.3 Å². The highest BCUT2D eigenvalue weighted by Gasteiger charge is 2.17. The predicted molar refractivity (Wildman–Crippen MR) is 56.5 cm³/mol. The van der Waals surface area contributed by atoms with Gasteiger partial charge in [-0.15, -0.1) is 0 Å². The molecule has 1 rings (SSSR count). The third-order valence-corrected chi connectivity index (χ3v) is 1.61. The number of hydrogen-bond acceptors (Lipinski definition) is 3. The molecular weight excluding hydrogens is 180 g/mol. The van der Waals surface area contributed by atoms with Crippen molar-refractivity contribution < 1.29 is 4.92 Å². The average Bonchev–Trinajstić information content (AvgIpc) is 2.01. The lowest BCUT2D eigenvalue weighted by atomic mass is 10.1. The first-order valence-corrected chi connectivity index (χ1v) is 4.42. The average molecular weight is 194 g/mol. The third-order valence-electron chi connectivity index (χ3n) is 1.61. The Labute approximate surface area is 83.1 Å². The first-order chi connectivity index (χ1) is 6.40. The van der Waals surface area contributed by atoms with Crippen LogP contribution >= 0.6 is 0 Å². The van der Waals surface area contributed by atoms with Crippen LogP contribution in [0.5, 0.6) is 0 Å². The molecule has 0 atom stereocenters. The Morgan fingerprint density at radius 3 is 2.36 bits per heavy atom. The molecule has 14 heavy (non-hydrogen) atoms. The van der Waals surface area contributed by atoms with Gasteiger partial charge in [-0.1, -0.05) is 12.1 Å². The second kappa shape index (κ2) is 3.65. The molecule has 76 valence electrons. The maximum Gasteiger partial charge on any atom is 0.292 e. The molecule has 0 fully saturated rings. The standard InChI is InChI=1S/C10H14N2O2/c1-10(2,3)11-8-6-4-5-7-9(8)12(13)14/h4-7,11H,1-3H3. The number of nitrogens with zero attached hydrogens (tertiary/aromatic N) is 1. The summed E-state index contributed by atoms with van der Waals surface area (Å²) < 4.78 is 0. The number of rotatable bonds is 2. The fourth-order valence-electron chi connectivity index (χ4n) is 1.14. The van der Waals surface area contributed by atoms with Crippen LogP contribution < -0.4 is 5.32 Å². The Bertz CT molecular complexity index is 342. The molecule has 0 saturated heterocycles. The van der Waals surface area contributed by atoms with E-state index < -0.39 is 0 Å². The number of benzene rings is 1. The number of nitro groups is 1. The molecule has 1 aromatic rings. The number of anilines is 1. The molecule has 0 amide bonds. The van der Waals surface area contributed by atoms with Crippen molar-refractivity contribution in [3.8, 4) is 0 Å². The highest BCUT2D eigenvalue weighted by atomic mass is 16.6. The zero-order valence-electron chi connectivity index (χ0n) is 8.57. The molecule has 0 aromatic heterocycles. The van der Waals surface area contributed by atoms with Gasteiger partial charge in [0, 0.05) is 11.6 Å². The van der Waals surface area contributed by atoms with Gasteiger partial charge in [0.1, 0.15) is 5.69 Å². The number of nitrogens with one attached hydrogen (secondary N) is 1. The fraction of sp³-hybridized carbons (Fsp3) is 0.400. The van der Waals surface area contributed by atoms with Crippen LogP contribution in [0.1, 0.15) is 20.8 Å². The van der Waals surface area contributed by atoms with Crippen molar-refractivity contribution in [2.45, 2.75) is 26.3 Å². The van der Waals surface area contributed by atoms with Gasteiger partial charge in [0.2, 0.25) is 0 Å². The number of nitro benzene ring substituents is 1. The molecule has 0 aliphatic carbocycles. The molecule has 0 aliphatic heterocycles. The molecule has 4 heteroatoms. The summed E-state index contributed by atoms with van der Waals surface area (Å²) in [6.07, 6.45) is 0. The normalized spacial score (nSPS) is 11.1. The van der Waals surface area contributed by atoms with Crippen molar-refractivity contribution >= 4 is 11.4 Å². The summed E-state index contributed by atoms with van der Waals surface area (Å²) >= 11 is 0. The van der Waals surface area contributed by atoms with Crippen molar-refractivity contribution in [3.05, 3.63) is 34.4 Å². The summed E-state index contributed by atoms with van der Waals surface area (Å²) in [6, 6.07) is 6.64. The monoisotopic (exact) mass is 194 g/mol. The van der Waals surface area contributed by atoms with Crippen molar-refractivity contribution in [3.63, 3.8) is 0 Å². The van der Waals surface area contributed by atoms with E-state index in [1.165, 1.54) is 6.07 Å². The topological polar surface area (TPSA) is 55.2 Å². The van der Waals surface area contributed by atoms with Gasteiger partial charge < -0.3 is 5.32 Å².